The first kappa shape index (κ1) is 32.1. The number of fused-ring (bicyclic) bond motifs is 2. The van der Waals surface area contributed by atoms with Crippen LogP contribution in [0, 0.1) is 30.6 Å². The molecule has 2 heterocycles. The van der Waals surface area contributed by atoms with E-state index in [4.69, 9.17) is 20.9 Å². The van der Waals surface area contributed by atoms with Crippen LogP contribution in [0.15, 0.2) is 51.9 Å². The number of sulfonamides is 1. The maximum absolute atomic E-state index is 13.8. The Kier molecular flexibility index (Phi) is 9.60. The number of ether oxygens (including phenoxy) is 1. The number of nitrogens with one attached hydrogen (secondary N) is 1. The first-order valence-electron chi connectivity index (χ1n) is 16.4. The van der Waals surface area contributed by atoms with Gasteiger partial charge in [0.05, 0.1) is 11.5 Å². The van der Waals surface area contributed by atoms with Crippen LogP contribution in [0.5, 0.6) is 0 Å². The van der Waals surface area contributed by atoms with Gasteiger partial charge < -0.3 is 14.2 Å². The third-order valence-corrected chi connectivity index (χ3v) is 11.7. The van der Waals surface area contributed by atoms with Gasteiger partial charge in [0.1, 0.15) is 5.02 Å². The molecule has 3 aromatic rings. The first-order chi connectivity index (χ1) is 21.7. The Hall–Kier alpha value is -2.88. The van der Waals surface area contributed by atoms with Crippen molar-refractivity contribution in [3.8, 4) is 11.1 Å². The van der Waals surface area contributed by atoms with Gasteiger partial charge >= 0.3 is 0 Å². The lowest BCUT2D eigenvalue weighted by Gasteiger charge is -2.33. The highest BCUT2D eigenvalue weighted by Crippen LogP contribution is 2.55. The fourth-order valence-corrected chi connectivity index (χ4v) is 8.55. The number of halogens is 1. The summed E-state index contributed by atoms with van der Waals surface area (Å²) in [5.74, 6) is 3.45. The van der Waals surface area contributed by atoms with E-state index >= 15 is 0 Å². The van der Waals surface area contributed by atoms with Crippen LogP contribution in [-0.4, -0.2) is 37.0 Å². The number of hydrogen-bond acceptors (Lipinski definition) is 6. The summed E-state index contributed by atoms with van der Waals surface area (Å²) in [5, 5.41) is 3.89. The molecular formula is C35H44ClN3O5S. The van der Waals surface area contributed by atoms with Crippen LogP contribution in [0.25, 0.3) is 11.1 Å². The monoisotopic (exact) mass is 653 g/mol. The zero-order chi connectivity index (χ0) is 31.7. The van der Waals surface area contributed by atoms with E-state index in [9.17, 15) is 13.2 Å². The zero-order valence-electron chi connectivity index (χ0n) is 26.4. The lowest BCUT2D eigenvalue weighted by atomic mass is 9.95. The van der Waals surface area contributed by atoms with Gasteiger partial charge in [0, 0.05) is 31.2 Å². The lowest BCUT2D eigenvalue weighted by Crippen LogP contribution is -2.40. The smallest absolute Gasteiger partial charge is 0.263 e. The van der Waals surface area contributed by atoms with Crippen LogP contribution in [-0.2, 0) is 32.7 Å². The summed E-state index contributed by atoms with van der Waals surface area (Å²) in [4.78, 5) is 16.1. The molecule has 5 unspecified atom stereocenters. The second-order valence-electron chi connectivity index (χ2n) is 13.1. The van der Waals surface area contributed by atoms with E-state index < -0.39 is 10.0 Å². The van der Waals surface area contributed by atoms with E-state index in [2.05, 4.69) is 27.8 Å². The highest BCUT2D eigenvalue weighted by molar-refractivity contribution is 7.92. The molecular weight excluding hydrogens is 610 g/mol. The highest BCUT2D eigenvalue weighted by atomic mass is 35.5. The number of rotatable bonds is 12. The van der Waals surface area contributed by atoms with Crippen LogP contribution in [0.4, 0.5) is 5.82 Å². The SMILES string of the molecule is CCCCC1CC2CC2CC2CC2CC(=O)N1Cc1ccc(-c2ccccc2S(=O)(=O)Nc2noc(C)c2Cl)c(COCC)c1. The Balaban J connectivity index is 1.32. The molecule has 1 aromatic heterocycles. The van der Waals surface area contributed by atoms with Gasteiger partial charge in [0.2, 0.25) is 11.7 Å². The van der Waals surface area contributed by atoms with Crippen molar-refractivity contribution in [1.29, 1.82) is 0 Å². The van der Waals surface area contributed by atoms with Crippen molar-refractivity contribution in [3.63, 3.8) is 0 Å². The normalized spacial score (nSPS) is 24.6. The number of carbonyl (C=O) groups is 1. The predicted octanol–water partition coefficient (Wildman–Crippen LogP) is 7.98. The molecule has 5 atom stereocenters. The molecule has 1 amide bonds. The van der Waals surface area contributed by atoms with Crippen LogP contribution in [0.2, 0.25) is 5.02 Å². The summed E-state index contributed by atoms with van der Waals surface area (Å²) < 4.78 is 40.7. The zero-order valence-corrected chi connectivity index (χ0v) is 28.0. The minimum absolute atomic E-state index is 0.0501. The van der Waals surface area contributed by atoms with Crippen molar-refractivity contribution in [2.45, 2.75) is 96.2 Å². The Labute approximate surface area is 271 Å². The second-order valence-corrected chi connectivity index (χ2v) is 15.2. The van der Waals surface area contributed by atoms with Crippen molar-refractivity contribution in [2.24, 2.45) is 23.7 Å². The minimum Gasteiger partial charge on any atom is -0.377 e. The molecule has 0 radical (unpaired) electrons. The van der Waals surface area contributed by atoms with Crippen LogP contribution < -0.4 is 4.72 Å². The van der Waals surface area contributed by atoms with Crippen molar-refractivity contribution in [3.05, 3.63) is 64.4 Å². The number of benzene rings is 2. The number of hydrogen-bond donors (Lipinski definition) is 1. The van der Waals surface area contributed by atoms with E-state index in [1.807, 2.05) is 25.1 Å². The molecule has 1 saturated heterocycles. The molecule has 10 heteroatoms. The maximum Gasteiger partial charge on any atom is 0.263 e. The molecule has 45 heavy (non-hydrogen) atoms. The van der Waals surface area contributed by atoms with Crippen LogP contribution in [0.1, 0.15) is 82.1 Å². The fourth-order valence-electron chi connectivity index (χ4n) is 7.14. The molecule has 8 nitrogen and oxygen atoms in total. The van der Waals surface area contributed by atoms with Gasteiger partial charge in [-0.2, -0.15) is 0 Å². The number of nitrogens with zero attached hydrogens (tertiary/aromatic N) is 2. The molecule has 0 spiro atoms. The number of unbranched alkanes of at least 4 members (excludes halogenated alkanes) is 1. The van der Waals surface area contributed by atoms with Gasteiger partial charge in [0.25, 0.3) is 10.0 Å². The summed E-state index contributed by atoms with van der Waals surface area (Å²) in [7, 11) is -4.06. The van der Waals surface area contributed by atoms with Crippen molar-refractivity contribution >= 4 is 33.3 Å². The molecule has 0 bridgehead atoms. The Morgan fingerprint density at radius 2 is 1.76 bits per heavy atom. The van der Waals surface area contributed by atoms with Crippen molar-refractivity contribution in [1.82, 2.24) is 10.1 Å². The third kappa shape index (κ3) is 7.26. The quantitative estimate of drug-likeness (QED) is 0.213. The number of aromatic nitrogens is 1. The first-order valence-corrected chi connectivity index (χ1v) is 18.3. The summed E-state index contributed by atoms with van der Waals surface area (Å²) in [6, 6.07) is 13.2. The Morgan fingerprint density at radius 1 is 1.02 bits per heavy atom. The molecule has 242 valence electrons. The van der Waals surface area contributed by atoms with E-state index in [-0.39, 0.29) is 27.7 Å². The topological polar surface area (TPSA) is 102 Å². The maximum atomic E-state index is 13.8. The van der Waals surface area contributed by atoms with Crippen molar-refractivity contribution in [2.75, 3.05) is 11.3 Å². The third-order valence-electron chi connectivity index (χ3n) is 9.88. The standard InChI is InChI=1S/C35H44ClN3O5S/c1-4-6-9-29-18-26-16-24(26)15-25-17-27(25)19-33(40)39(29)20-23-12-13-30(28(14-23)21-43-5-2)31-10-7-8-11-32(31)45(41,42)38-35-34(36)22(3)44-37-35/h7-8,10-14,24-27,29H,4-6,9,15-21H2,1-3H3,(H,37,38). The Bertz CT molecular complexity index is 1640. The summed E-state index contributed by atoms with van der Waals surface area (Å²) >= 11 is 6.22. The number of carbonyl (C=O) groups excluding carboxylic acids is 1. The van der Waals surface area contributed by atoms with E-state index in [0.29, 0.717) is 43.4 Å². The Morgan fingerprint density at radius 3 is 2.49 bits per heavy atom. The molecule has 3 fully saturated rings. The highest BCUT2D eigenvalue weighted by Gasteiger charge is 2.48. The largest absolute Gasteiger partial charge is 0.377 e. The van der Waals surface area contributed by atoms with Gasteiger partial charge in [-0.25, -0.2) is 8.42 Å². The molecule has 3 aliphatic rings. The van der Waals surface area contributed by atoms with Gasteiger partial charge in [-0.15, -0.1) is 0 Å². The van der Waals surface area contributed by atoms with Crippen LogP contribution >= 0.6 is 11.6 Å². The molecule has 2 saturated carbocycles. The lowest BCUT2D eigenvalue weighted by molar-refractivity contribution is -0.135. The van der Waals surface area contributed by atoms with Gasteiger partial charge in [-0.3, -0.25) is 9.52 Å². The molecule has 2 aromatic carbocycles. The van der Waals surface area contributed by atoms with E-state index in [0.717, 1.165) is 60.1 Å². The predicted molar refractivity (Wildman–Crippen MR) is 175 cm³/mol. The molecule has 6 rings (SSSR count). The van der Waals surface area contributed by atoms with Crippen molar-refractivity contribution < 1.29 is 22.5 Å². The van der Waals surface area contributed by atoms with E-state index in [1.54, 1.807) is 25.1 Å². The molecule has 1 N–H and O–H groups in total. The average molecular weight is 654 g/mol. The van der Waals surface area contributed by atoms with Gasteiger partial charge in [0.15, 0.2) is 5.76 Å². The summed E-state index contributed by atoms with van der Waals surface area (Å²) in [6.45, 7) is 7.15. The fraction of sp³-hybridized carbons (Fsp3) is 0.543. The van der Waals surface area contributed by atoms with Crippen LogP contribution in [0.3, 0.4) is 0 Å². The van der Waals surface area contributed by atoms with Gasteiger partial charge in [-0.1, -0.05) is 72.9 Å². The number of anilines is 1. The molecule has 2 aliphatic carbocycles. The summed E-state index contributed by atoms with van der Waals surface area (Å²) in [5.41, 5.74) is 3.20. The molecule has 1 aliphatic heterocycles. The average Bonchev–Trinajstić information content (AvgIpc) is 3.93. The summed E-state index contributed by atoms with van der Waals surface area (Å²) in [6.07, 6.45) is 8.87. The minimum atomic E-state index is -4.06. The van der Waals surface area contributed by atoms with E-state index in [1.165, 1.54) is 19.3 Å². The second kappa shape index (κ2) is 13.5. The number of aryl methyl sites for hydroxylation is 1. The van der Waals surface area contributed by atoms with Gasteiger partial charge in [-0.05, 0) is 92.4 Å². The number of amides is 1.